The van der Waals surface area contributed by atoms with Crippen LogP contribution in [0.25, 0.3) is 0 Å². The van der Waals surface area contributed by atoms with Crippen molar-refractivity contribution in [1.29, 1.82) is 0 Å². The van der Waals surface area contributed by atoms with E-state index in [1.165, 1.54) is 41.5 Å². The Bertz CT molecular complexity index is 429. The first kappa shape index (κ1) is 15.8. The van der Waals surface area contributed by atoms with Crippen LogP contribution in [0, 0.1) is 5.92 Å². The van der Waals surface area contributed by atoms with Gasteiger partial charge in [-0.3, -0.25) is 0 Å². The van der Waals surface area contributed by atoms with Gasteiger partial charge in [-0.05, 0) is 72.2 Å². The topological polar surface area (TPSA) is 29.3 Å². The number of hydrogen-bond acceptors (Lipinski definition) is 2. The van der Waals surface area contributed by atoms with Gasteiger partial charge in [-0.1, -0.05) is 19.4 Å². The predicted octanol–water partition coefficient (Wildman–Crippen LogP) is 4.36. The van der Waals surface area contributed by atoms with E-state index in [1.807, 2.05) is 0 Å². The molecule has 1 aliphatic rings. The molecular weight excluding hydrogens is 312 g/mol. The molecule has 112 valence electrons. The molecule has 0 amide bonds. The summed E-state index contributed by atoms with van der Waals surface area (Å²) in [5.74, 6) is 0.898. The van der Waals surface area contributed by atoms with Gasteiger partial charge >= 0.3 is 0 Å². The van der Waals surface area contributed by atoms with Crippen molar-refractivity contribution in [3.63, 3.8) is 0 Å². The van der Waals surface area contributed by atoms with Crippen molar-refractivity contribution in [2.45, 2.75) is 52.0 Å². The summed E-state index contributed by atoms with van der Waals surface area (Å²) in [7, 11) is 0. The number of nitrogens with zero attached hydrogens (tertiary/aromatic N) is 1. The molecule has 0 radical (unpaired) electrons. The molecule has 0 spiro atoms. The summed E-state index contributed by atoms with van der Waals surface area (Å²) in [4.78, 5) is 2.50. The second-order valence-electron chi connectivity index (χ2n) is 5.99. The first-order chi connectivity index (χ1) is 9.63. The fourth-order valence-corrected chi connectivity index (χ4v) is 3.44. The first-order valence-corrected chi connectivity index (χ1v) is 8.72. The normalized spacial score (nSPS) is 16.8. The molecule has 2 N–H and O–H groups in total. The van der Waals surface area contributed by atoms with Gasteiger partial charge in [-0.2, -0.15) is 0 Å². The molecule has 0 aliphatic heterocycles. The van der Waals surface area contributed by atoms with Crippen LogP contribution in [0.1, 0.15) is 45.1 Å². The summed E-state index contributed by atoms with van der Waals surface area (Å²) in [6.45, 7) is 6.66. The maximum absolute atomic E-state index is 6.04. The van der Waals surface area contributed by atoms with Crippen molar-refractivity contribution in [2.75, 3.05) is 18.0 Å². The van der Waals surface area contributed by atoms with E-state index in [0.717, 1.165) is 25.3 Å². The molecule has 0 heterocycles. The SMILES string of the molecule is CCC(N)Cc1ccc(N(CC)CC2CCC2)c(Br)c1. The molecular formula is C17H27BrN2. The van der Waals surface area contributed by atoms with E-state index in [4.69, 9.17) is 5.73 Å². The Hall–Kier alpha value is -0.540. The third kappa shape index (κ3) is 3.98. The minimum absolute atomic E-state index is 0.269. The molecule has 1 fully saturated rings. The van der Waals surface area contributed by atoms with Crippen molar-refractivity contribution in [3.05, 3.63) is 28.2 Å². The van der Waals surface area contributed by atoms with Crippen molar-refractivity contribution in [2.24, 2.45) is 11.7 Å². The van der Waals surface area contributed by atoms with Crippen molar-refractivity contribution in [1.82, 2.24) is 0 Å². The maximum atomic E-state index is 6.04. The standard InChI is InChI=1S/C17H27BrN2/c1-3-15(19)10-14-8-9-17(16(18)11-14)20(4-2)12-13-6-5-7-13/h8-9,11,13,15H,3-7,10,12,19H2,1-2H3. The zero-order chi connectivity index (χ0) is 14.5. The maximum Gasteiger partial charge on any atom is 0.0510 e. The Morgan fingerprint density at radius 3 is 2.60 bits per heavy atom. The van der Waals surface area contributed by atoms with Gasteiger partial charge < -0.3 is 10.6 Å². The van der Waals surface area contributed by atoms with Crippen molar-refractivity contribution < 1.29 is 0 Å². The second kappa shape index (κ2) is 7.46. The first-order valence-electron chi connectivity index (χ1n) is 7.93. The summed E-state index contributed by atoms with van der Waals surface area (Å²) in [6.07, 6.45) is 6.21. The molecule has 20 heavy (non-hydrogen) atoms. The minimum atomic E-state index is 0.269. The highest BCUT2D eigenvalue weighted by Crippen LogP contribution is 2.32. The summed E-state index contributed by atoms with van der Waals surface area (Å²) in [6, 6.07) is 7.00. The molecule has 1 unspecified atom stereocenters. The lowest BCUT2D eigenvalue weighted by Crippen LogP contribution is -2.32. The number of benzene rings is 1. The third-order valence-electron chi connectivity index (χ3n) is 4.46. The Labute approximate surface area is 131 Å². The highest BCUT2D eigenvalue weighted by Gasteiger charge is 2.21. The van der Waals surface area contributed by atoms with Gasteiger partial charge in [-0.25, -0.2) is 0 Å². The van der Waals surface area contributed by atoms with Gasteiger partial charge in [0, 0.05) is 23.6 Å². The molecule has 3 heteroatoms. The molecule has 1 atom stereocenters. The average Bonchev–Trinajstić information content (AvgIpc) is 2.39. The van der Waals surface area contributed by atoms with Crippen LogP contribution in [0.5, 0.6) is 0 Å². The number of anilines is 1. The number of nitrogens with two attached hydrogens (primary N) is 1. The molecule has 1 saturated carbocycles. The second-order valence-corrected chi connectivity index (χ2v) is 6.85. The summed E-state index contributed by atoms with van der Waals surface area (Å²) in [5.41, 5.74) is 8.70. The molecule has 2 nitrogen and oxygen atoms in total. The lowest BCUT2D eigenvalue weighted by atomic mass is 9.85. The Morgan fingerprint density at radius 2 is 2.10 bits per heavy atom. The van der Waals surface area contributed by atoms with E-state index in [9.17, 15) is 0 Å². The van der Waals surface area contributed by atoms with Gasteiger partial charge in [0.2, 0.25) is 0 Å². The Morgan fingerprint density at radius 1 is 1.35 bits per heavy atom. The molecule has 1 aromatic carbocycles. The molecule has 0 bridgehead atoms. The largest absolute Gasteiger partial charge is 0.371 e. The van der Waals surface area contributed by atoms with Crippen molar-refractivity contribution in [3.8, 4) is 0 Å². The van der Waals surface area contributed by atoms with Crippen LogP contribution in [0.3, 0.4) is 0 Å². The minimum Gasteiger partial charge on any atom is -0.371 e. The van der Waals surface area contributed by atoms with Crippen LogP contribution in [0.2, 0.25) is 0 Å². The predicted molar refractivity (Wildman–Crippen MR) is 91.3 cm³/mol. The van der Waals surface area contributed by atoms with Gasteiger partial charge in [0.25, 0.3) is 0 Å². The zero-order valence-electron chi connectivity index (χ0n) is 12.7. The zero-order valence-corrected chi connectivity index (χ0v) is 14.3. The van der Waals surface area contributed by atoms with Crippen molar-refractivity contribution >= 4 is 21.6 Å². The summed E-state index contributed by atoms with van der Waals surface area (Å²) < 4.78 is 1.21. The van der Waals surface area contributed by atoms with Crippen LogP contribution in [-0.2, 0) is 6.42 Å². The van der Waals surface area contributed by atoms with Crippen LogP contribution in [0.4, 0.5) is 5.69 Å². The number of halogens is 1. The highest BCUT2D eigenvalue weighted by molar-refractivity contribution is 9.10. The van der Waals surface area contributed by atoms with E-state index in [-0.39, 0.29) is 6.04 Å². The molecule has 1 aliphatic carbocycles. The van der Waals surface area contributed by atoms with E-state index >= 15 is 0 Å². The Balaban J connectivity index is 2.06. The van der Waals surface area contributed by atoms with E-state index in [0.29, 0.717) is 0 Å². The molecule has 2 rings (SSSR count). The van der Waals surface area contributed by atoms with Crippen LogP contribution < -0.4 is 10.6 Å². The van der Waals surface area contributed by atoms with Gasteiger partial charge in [0.15, 0.2) is 0 Å². The molecule has 0 aromatic heterocycles. The third-order valence-corrected chi connectivity index (χ3v) is 5.10. The fraction of sp³-hybridized carbons (Fsp3) is 0.647. The Kier molecular flexibility index (Phi) is 5.91. The van der Waals surface area contributed by atoms with Crippen LogP contribution in [0.15, 0.2) is 22.7 Å². The highest BCUT2D eigenvalue weighted by atomic mass is 79.9. The summed E-state index contributed by atoms with van der Waals surface area (Å²) in [5, 5.41) is 0. The van der Waals surface area contributed by atoms with Gasteiger partial charge in [0.1, 0.15) is 0 Å². The van der Waals surface area contributed by atoms with Crippen LogP contribution in [-0.4, -0.2) is 19.1 Å². The van der Waals surface area contributed by atoms with E-state index in [2.05, 4.69) is 52.9 Å². The van der Waals surface area contributed by atoms with Gasteiger partial charge in [-0.15, -0.1) is 0 Å². The average molecular weight is 339 g/mol. The fourth-order valence-electron chi connectivity index (χ4n) is 2.77. The van der Waals surface area contributed by atoms with Gasteiger partial charge in [0.05, 0.1) is 5.69 Å². The van der Waals surface area contributed by atoms with E-state index in [1.54, 1.807) is 0 Å². The molecule has 1 aromatic rings. The van der Waals surface area contributed by atoms with Crippen LogP contribution >= 0.6 is 15.9 Å². The molecule has 0 saturated heterocycles. The lowest BCUT2D eigenvalue weighted by molar-refractivity contribution is 0.318. The smallest absolute Gasteiger partial charge is 0.0510 e. The quantitative estimate of drug-likeness (QED) is 0.800. The van der Waals surface area contributed by atoms with E-state index < -0.39 is 0 Å². The number of hydrogen-bond donors (Lipinski definition) is 1. The summed E-state index contributed by atoms with van der Waals surface area (Å²) >= 11 is 3.75. The lowest BCUT2D eigenvalue weighted by Gasteiger charge is -2.33. The monoisotopic (exact) mass is 338 g/mol. The number of rotatable bonds is 7.